The van der Waals surface area contributed by atoms with Crippen LogP contribution in [0.1, 0.15) is 42.9 Å². The van der Waals surface area contributed by atoms with Crippen LogP contribution in [0, 0.1) is 5.92 Å². The first-order valence-electron chi connectivity index (χ1n) is 9.10. The molecule has 1 aromatic carbocycles. The third-order valence-corrected chi connectivity index (χ3v) is 5.21. The number of hydrogen-bond donors (Lipinski definition) is 0. The van der Waals surface area contributed by atoms with Crippen LogP contribution in [0.3, 0.4) is 0 Å². The Morgan fingerprint density at radius 1 is 1.12 bits per heavy atom. The van der Waals surface area contributed by atoms with E-state index in [9.17, 15) is 4.79 Å². The monoisotopic (exact) mass is 335 g/mol. The summed E-state index contributed by atoms with van der Waals surface area (Å²) < 4.78 is 4.50. The number of nitrogens with zero attached hydrogens (tertiary/aromatic N) is 3. The molecule has 25 heavy (non-hydrogen) atoms. The van der Waals surface area contributed by atoms with Gasteiger partial charge in [-0.25, -0.2) is 0 Å². The molecule has 3 aromatic rings. The van der Waals surface area contributed by atoms with Crippen molar-refractivity contribution >= 4 is 16.8 Å². The largest absolute Gasteiger partial charge is 0.348 e. The summed E-state index contributed by atoms with van der Waals surface area (Å²) in [6, 6.07) is 12.4. The maximum atomic E-state index is 13.3. The predicted octanol–water partition coefficient (Wildman–Crippen LogP) is 4.32. The van der Waals surface area contributed by atoms with Crippen LogP contribution < -0.4 is 0 Å². The van der Waals surface area contributed by atoms with Crippen LogP contribution >= 0.6 is 0 Å². The number of amides is 1. The Bertz CT molecular complexity index is 918. The number of benzene rings is 1. The van der Waals surface area contributed by atoms with Gasteiger partial charge >= 0.3 is 0 Å². The van der Waals surface area contributed by atoms with Crippen molar-refractivity contribution < 1.29 is 4.79 Å². The third-order valence-electron chi connectivity index (χ3n) is 5.21. The first-order chi connectivity index (χ1) is 12.1. The van der Waals surface area contributed by atoms with E-state index in [4.69, 9.17) is 0 Å². The minimum absolute atomic E-state index is 0.101. The molecule has 1 amide bonds. The zero-order valence-corrected chi connectivity index (χ0v) is 15.1. The molecule has 0 fully saturated rings. The summed E-state index contributed by atoms with van der Waals surface area (Å²) in [7, 11) is 0. The number of hydrogen-bond acceptors (Lipinski definition) is 1. The van der Waals surface area contributed by atoms with Crippen molar-refractivity contribution in [3.8, 4) is 0 Å². The molecule has 0 spiro atoms. The molecule has 130 valence electrons. The van der Waals surface area contributed by atoms with Crippen LogP contribution in [0.15, 0.2) is 48.8 Å². The molecule has 2 aromatic heterocycles. The first-order valence-corrected chi connectivity index (χ1v) is 9.10. The lowest BCUT2D eigenvalue weighted by Crippen LogP contribution is -2.40. The van der Waals surface area contributed by atoms with Crippen molar-refractivity contribution in [1.82, 2.24) is 14.0 Å². The fourth-order valence-corrected chi connectivity index (χ4v) is 3.97. The van der Waals surface area contributed by atoms with Gasteiger partial charge in [0.1, 0.15) is 0 Å². The minimum Gasteiger partial charge on any atom is -0.348 e. The van der Waals surface area contributed by atoms with Gasteiger partial charge in [0.2, 0.25) is 0 Å². The molecule has 4 heteroatoms. The number of aromatic nitrogens is 2. The SMILES string of the molecule is CC(C)Cn1ccc2c(C(=O)N3CCn4cccc4C3C)cccc21. The van der Waals surface area contributed by atoms with Crippen molar-refractivity contribution in [3.63, 3.8) is 0 Å². The summed E-state index contributed by atoms with van der Waals surface area (Å²) in [5, 5.41) is 1.06. The molecular weight excluding hydrogens is 310 g/mol. The first kappa shape index (κ1) is 16.0. The summed E-state index contributed by atoms with van der Waals surface area (Å²) in [5.41, 5.74) is 3.17. The summed E-state index contributed by atoms with van der Waals surface area (Å²) in [6.07, 6.45) is 4.20. The number of rotatable bonds is 3. The maximum Gasteiger partial charge on any atom is 0.255 e. The molecule has 0 saturated heterocycles. The van der Waals surface area contributed by atoms with Gasteiger partial charge in [0.25, 0.3) is 5.91 Å². The highest BCUT2D eigenvalue weighted by atomic mass is 16.2. The van der Waals surface area contributed by atoms with Gasteiger partial charge in [-0.1, -0.05) is 19.9 Å². The Kier molecular flexibility index (Phi) is 3.91. The summed E-state index contributed by atoms with van der Waals surface area (Å²) in [4.78, 5) is 15.3. The fourth-order valence-electron chi connectivity index (χ4n) is 3.97. The molecular formula is C21H25N3O. The molecule has 3 heterocycles. The van der Waals surface area contributed by atoms with Crippen LogP contribution in [0.2, 0.25) is 0 Å². The van der Waals surface area contributed by atoms with Crippen molar-refractivity contribution in [2.24, 2.45) is 5.92 Å². The van der Waals surface area contributed by atoms with E-state index in [1.54, 1.807) is 0 Å². The summed E-state index contributed by atoms with van der Waals surface area (Å²) in [5.74, 6) is 0.706. The van der Waals surface area contributed by atoms with Crippen LogP contribution in [-0.4, -0.2) is 26.5 Å². The molecule has 1 unspecified atom stereocenters. The number of fused-ring (bicyclic) bond motifs is 2. The van der Waals surface area contributed by atoms with Crippen molar-refractivity contribution in [2.45, 2.75) is 39.9 Å². The van der Waals surface area contributed by atoms with Crippen LogP contribution in [0.25, 0.3) is 10.9 Å². The molecule has 4 rings (SSSR count). The van der Waals surface area contributed by atoms with E-state index in [0.29, 0.717) is 5.92 Å². The van der Waals surface area contributed by atoms with Crippen LogP contribution in [-0.2, 0) is 13.1 Å². The van der Waals surface area contributed by atoms with Crippen molar-refractivity contribution in [2.75, 3.05) is 6.54 Å². The van der Waals surface area contributed by atoms with E-state index in [1.165, 1.54) is 5.69 Å². The summed E-state index contributed by atoms with van der Waals surface area (Å²) >= 11 is 0. The molecule has 0 aliphatic carbocycles. The molecule has 0 saturated carbocycles. The highest BCUT2D eigenvalue weighted by Gasteiger charge is 2.29. The number of carbonyl (C=O) groups excluding carboxylic acids is 1. The number of carbonyl (C=O) groups is 1. The smallest absolute Gasteiger partial charge is 0.255 e. The fraction of sp³-hybridized carbons (Fsp3) is 0.381. The van der Waals surface area contributed by atoms with Gasteiger partial charge < -0.3 is 14.0 Å². The van der Waals surface area contributed by atoms with Gasteiger partial charge in [-0.15, -0.1) is 0 Å². The molecule has 0 radical (unpaired) electrons. The molecule has 0 N–H and O–H groups in total. The lowest BCUT2D eigenvalue weighted by atomic mass is 10.1. The van der Waals surface area contributed by atoms with Crippen LogP contribution in [0.4, 0.5) is 0 Å². The van der Waals surface area contributed by atoms with Crippen LogP contribution in [0.5, 0.6) is 0 Å². The van der Waals surface area contributed by atoms with Gasteiger partial charge in [-0.05, 0) is 43.2 Å². The Morgan fingerprint density at radius 3 is 2.76 bits per heavy atom. The normalized spacial score (nSPS) is 17.3. The summed E-state index contributed by atoms with van der Waals surface area (Å²) in [6.45, 7) is 9.13. The van der Waals surface area contributed by atoms with E-state index in [1.807, 2.05) is 17.0 Å². The maximum absolute atomic E-state index is 13.3. The quantitative estimate of drug-likeness (QED) is 0.701. The standard InChI is InChI=1S/C21H25N3O/c1-15(2)14-23-11-9-17-18(6-4-7-20(17)23)21(25)24-13-12-22-10-5-8-19(22)16(24)3/h4-11,15-16H,12-14H2,1-3H3. The molecule has 1 aliphatic rings. The molecule has 4 nitrogen and oxygen atoms in total. The Morgan fingerprint density at radius 2 is 1.96 bits per heavy atom. The van der Waals surface area contributed by atoms with Gasteiger partial charge in [-0.3, -0.25) is 4.79 Å². The topological polar surface area (TPSA) is 30.2 Å². The average molecular weight is 335 g/mol. The Hall–Kier alpha value is -2.49. The second kappa shape index (κ2) is 6.10. The lowest BCUT2D eigenvalue weighted by molar-refractivity contribution is 0.0646. The zero-order valence-electron chi connectivity index (χ0n) is 15.1. The van der Waals surface area contributed by atoms with Gasteiger partial charge in [-0.2, -0.15) is 0 Å². The zero-order chi connectivity index (χ0) is 17.6. The van der Waals surface area contributed by atoms with Crippen molar-refractivity contribution in [1.29, 1.82) is 0 Å². The van der Waals surface area contributed by atoms with E-state index in [-0.39, 0.29) is 11.9 Å². The van der Waals surface area contributed by atoms with E-state index < -0.39 is 0 Å². The van der Waals surface area contributed by atoms with Gasteiger partial charge in [0.15, 0.2) is 0 Å². The van der Waals surface area contributed by atoms with Gasteiger partial charge in [0.05, 0.1) is 6.04 Å². The van der Waals surface area contributed by atoms with E-state index in [0.717, 1.165) is 36.1 Å². The third kappa shape index (κ3) is 2.66. The molecule has 0 bridgehead atoms. The molecule has 1 atom stereocenters. The van der Waals surface area contributed by atoms with E-state index >= 15 is 0 Å². The second-order valence-corrected chi connectivity index (χ2v) is 7.40. The van der Waals surface area contributed by atoms with E-state index in [2.05, 4.69) is 66.6 Å². The average Bonchev–Trinajstić information content (AvgIpc) is 3.22. The molecule has 1 aliphatic heterocycles. The van der Waals surface area contributed by atoms with Gasteiger partial charge in [0, 0.05) is 54.2 Å². The second-order valence-electron chi connectivity index (χ2n) is 7.40. The Labute approximate surface area is 148 Å². The highest BCUT2D eigenvalue weighted by molar-refractivity contribution is 6.06. The highest BCUT2D eigenvalue weighted by Crippen LogP contribution is 2.29. The lowest BCUT2D eigenvalue weighted by Gasteiger charge is -2.35. The Balaban J connectivity index is 1.70. The minimum atomic E-state index is 0.101. The van der Waals surface area contributed by atoms with Crippen molar-refractivity contribution in [3.05, 3.63) is 60.0 Å². The predicted molar refractivity (Wildman–Crippen MR) is 101 cm³/mol.